The fraction of sp³-hybridized carbons (Fsp3) is 0.0909. The molecule has 6 heteroatoms. The predicted octanol–water partition coefficient (Wildman–Crippen LogP) is 3.34. The monoisotopic (exact) mass is 315 g/mol. The first kappa shape index (κ1) is 12.2. The van der Waals surface area contributed by atoms with Crippen molar-refractivity contribution in [1.29, 1.82) is 0 Å². The number of carboxylic acids is 1. The van der Waals surface area contributed by atoms with Crippen molar-refractivity contribution in [3.05, 3.63) is 39.6 Å². The highest BCUT2D eigenvalue weighted by atomic mass is 79.9. The third kappa shape index (κ3) is 3.10. The third-order valence-corrected chi connectivity index (χ3v) is 3.39. The maximum absolute atomic E-state index is 13.2. The average Bonchev–Trinajstić information content (AvgIpc) is 2.63. The molecule has 0 amide bonds. The Bertz CT molecular complexity index is 550. The van der Waals surface area contributed by atoms with Gasteiger partial charge in [0.05, 0.1) is 12.1 Å². The van der Waals surface area contributed by atoms with Gasteiger partial charge in [-0.15, -0.1) is 11.3 Å². The summed E-state index contributed by atoms with van der Waals surface area (Å²) in [5, 5.41) is 10.9. The van der Waals surface area contributed by atoms with Crippen LogP contribution >= 0.6 is 27.3 Å². The lowest BCUT2D eigenvalue weighted by Gasteiger charge is -1.98. The fourth-order valence-corrected chi connectivity index (χ4v) is 2.63. The van der Waals surface area contributed by atoms with E-state index < -0.39 is 5.97 Å². The van der Waals surface area contributed by atoms with Gasteiger partial charge in [0.2, 0.25) is 0 Å². The molecule has 2 rings (SSSR count). The molecule has 0 aliphatic carbocycles. The van der Waals surface area contributed by atoms with Crippen molar-refractivity contribution in [2.45, 2.75) is 6.42 Å². The molecule has 0 radical (unpaired) electrons. The second-order valence-corrected chi connectivity index (χ2v) is 5.15. The minimum Gasteiger partial charge on any atom is -0.481 e. The molecule has 0 saturated heterocycles. The Morgan fingerprint density at radius 3 is 2.88 bits per heavy atom. The first-order chi connectivity index (χ1) is 8.04. The van der Waals surface area contributed by atoms with Crippen LogP contribution in [0.5, 0.6) is 0 Å². The summed E-state index contributed by atoms with van der Waals surface area (Å²) in [6.07, 6.45) is -0.118. The molecule has 0 aliphatic rings. The van der Waals surface area contributed by atoms with Gasteiger partial charge in [-0.3, -0.25) is 4.79 Å². The molecular formula is C11H7BrFNO2S. The van der Waals surface area contributed by atoms with Crippen molar-refractivity contribution in [2.75, 3.05) is 0 Å². The first-order valence-corrected chi connectivity index (χ1v) is 6.34. The summed E-state index contributed by atoms with van der Waals surface area (Å²) < 4.78 is 13.8. The van der Waals surface area contributed by atoms with Gasteiger partial charge in [-0.25, -0.2) is 9.37 Å². The zero-order valence-corrected chi connectivity index (χ0v) is 10.9. The van der Waals surface area contributed by atoms with Crippen molar-refractivity contribution < 1.29 is 14.3 Å². The standard InChI is InChI=1S/C11H7BrFNO2S/c12-7-1-6(2-8(13)3-7)11-14-9(5-17-11)4-10(15)16/h1-3,5H,4H2,(H,15,16). The molecule has 3 nitrogen and oxygen atoms in total. The van der Waals surface area contributed by atoms with Crippen molar-refractivity contribution in [3.8, 4) is 10.6 Å². The van der Waals surface area contributed by atoms with Crippen molar-refractivity contribution in [2.24, 2.45) is 0 Å². The lowest BCUT2D eigenvalue weighted by Crippen LogP contribution is -1.99. The summed E-state index contributed by atoms with van der Waals surface area (Å²) in [4.78, 5) is 14.7. The number of nitrogens with zero attached hydrogens (tertiary/aromatic N) is 1. The Kier molecular flexibility index (Phi) is 3.54. The molecule has 0 unspecified atom stereocenters. The van der Waals surface area contributed by atoms with Gasteiger partial charge in [-0.05, 0) is 18.2 Å². The summed E-state index contributed by atoms with van der Waals surface area (Å²) in [5.74, 6) is -1.29. The second kappa shape index (κ2) is 4.93. The van der Waals surface area contributed by atoms with Gasteiger partial charge in [0.1, 0.15) is 10.8 Å². The smallest absolute Gasteiger partial charge is 0.309 e. The Labute approximate surface area is 109 Å². The SMILES string of the molecule is O=C(O)Cc1csc(-c2cc(F)cc(Br)c2)n1. The van der Waals surface area contributed by atoms with E-state index in [4.69, 9.17) is 5.11 Å². The van der Waals surface area contributed by atoms with Crippen molar-refractivity contribution in [1.82, 2.24) is 4.98 Å². The number of thiazole rings is 1. The molecule has 1 heterocycles. The highest BCUT2D eigenvalue weighted by Gasteiger charge is 2.09. The summed E-state index contributed by atoms with van der Waals surface area (Å²) >= 11 is 4.50. The zero-order chi connectivity index (χ0) is 12.4. The number of rotatable bonds is 3. The van der Waals surface area contributed by atoms with Crippen LogP contribution in [0, 0.1) is 5.82 Å². The number of carbonyl (C=O) groups is 1. The lowest BCUT2D eigenvalue weighted by molar-refractivity contribution is -0.136. The van der Waals surface area contributed by atoms with E-state index >= 15 is 0 Å². The molecule has 0 saturated carbocycles. The number of benzene rings is 1. The van der Waals surface area contributed by atoms with Crippen LogP contribution in [-0.4, -0.2) is 16.1 Å². The molecule has 1 aromatic heterocycles. The minimum absolute atomic E-state index is 0.118. The quantitative estimate of drug-likeness (QED) is 0.945. The van der Waals surface area contributed by atoms with E-state index in [1.54, 1.807) is 11.4 Å². The normalized spacial score (nSPS) is 10.5. The van der Waals surface area contributed by atoms with E-state index in [0.717, 1.165) is 0 Å². The largest absolute Gasteiger partial charge is 0.481 e. The Morgan fingerprint density at radius 2 is 2.24 bits per heavy atom. The summed E-state index contributed by atoms with van der Waals surface area (Å²) in [6.45, 7) is 0. The maximum atomic E-state index is 13.2. The molecule has 1 N–H and O–H groups in total. The van der Waals surface area contributed by atoms with Gasteiger partial charge in [0.15, 0.2) is 0 Å². The summed E-state index contributed by atoms with van der Waals surface area (Å²) in [5.41, 5.74) is 1.12. The lowest BCUT2D eigenvalue weighted by atomic mass is 10.2. The van der Waals surface area contributed by atoms with Crippen LogP contribution in [0.15, 0.2) is 28.1 Å². The molecule has 0 aliphatic heterocycles. The zero-order valence-electron chi connectivity index (χ0n) is 8.48. The fourth-order valence-electron chi connectivity index (χ4n) is 1.35. The average molecular weight is 316 g/mol. The van der Waals surface area contributed by atoms with Gasteiger partial charge in [-0.1, -0.05) is 15.9 Å². The van der Waals surface area contributed by atoms with Crippen LogP contribution in [0.1, 0.15) is 5.69 Å². The van der Waals surface area contributed by atoms with E-state index in [9.17, 15) is 9.18 Å². The summed E-state index contributed by atoms with van der Waals surface area (Å²) in [7, 11) is 0. The molecule has 17 heavy (non-hydrogen) atoms. The van der Waals surface area contributed by atoms with Crippen LogP contribution in [0.4, 0.5) is 4.39 Å². The molecule has 0 atom stereocenters. The van der Waals surface area contributed by atoms with Gasteiger partial charge in [-0.2, -0.15) is 0 Å². The van der Waals surface area contributed by atoms with Gasteiger partial charge < -0.3 is 5.11 Å². The Balaban J connectivity index is 2.33. The van der Waals surface area contributed by atoms with E-state index in [-0.39, 0.29) is 12.2 Å². The molecule has 1 aromatic carbocycles. The first-order valence-electron chi connectivity index (χ1n) is 4.67. The minimum atomic E-state index is -0.928. The second-order valence-electron chi connectivity index (χ2n) is 3.37. The molecule has 2 aromatic rings. The number of hydrogen-bond acceptors (Lipinski definition) is 3. The van der Waals surface area contributed by atoms with Crippen molar-refractivity contribution in [3.63, 3.8) is 0 Å². The van der Waals surface area contributed by atoms with Crippen LogP contribution in [0.2, 0.25) is 0 Å². The van der Waals surface area contributed by atoms with Crippen molar-refractivity contribution >= 4 is 33.2 Å². The molecule has 0 fully saturated rings. The summed E-state index contributed by atoms with van der Waals surface area (Å²) in [6, 6.07) is 4.47. The number of halogens is 2. The van der Waals surface area contributed by atoms with E-state index in [1.165, 1.54) is 23.5 Å². The number of carboxylic acid groups (broad SMARTS) is 1. The molecule has 0 bridgehead atoms. The number of aliphatic carboxylic acids is 1. The molecular weight excluding hydrogens is 309 g/mol. The highest BCUT2D eigenvalue weighted by molar-refractivity contribution is 9.10. The van der Waals surface area contributed by atoms with Gasteiger partial charge >= 0.3 is 5.97 Å². The van der Waals surface area contributed by atoms with E-state index in [0.29, 0.717) is 20.7 Å². The van der Waals surface area contributed by atoms with E-state index in [1.807, 2.05) is 0 Å². The number of aromatic nitrogens is 1. The molecule has 0 spiro atoms. The van der Waals surface area contributed by atoms with Crippen LogP contribution in [-0.2, 0) is 11.2 Å². The highest BCUT2D eigenvalue weighted by Crippen LogP contribution is 2.27. The third-order valence-electron chi connectivity index (χ3n) is 1.99. The predicted molar refractivity (Wildman–Crippen MR) is 66.5 cm³/mol. The van der Waals surface area contributed by atoms with E-state index in [2.05, 4.69) is 20.9 Å². The van der Waals surface area contributed by atoms with Crippen LogP contribution < -0.4 is 0 Å². The van der Waals surface area contributed by atoms with Gasteiger partial charge in [0, 0.05) is 15.4 Å². The topological polar surface area (TPSA) is 50.2 Å². The number of hydrogen-bond donors (Lipinski definition) is 1. The molecule has 88 valence electrons. The maximum Gasteiger partial charge on any atom is 0.309 e. The Hall–Kier alpha value is -1.27. The Morgan fingerprint density at radius 1 is 1.47 bits per heavy atom. The van der Waals surface area contributed by atoms with Crippen LogP contribution in [0.25, 0.3) is 10.6 Å². The van der Waals surface area contributed by atoms with Gasteiger partial charge in [0.25, 0.3) is 0 Å². The van der Waals surface area contributed by atoms with Crippen LogP contribution in [0.3, 0.4) is 0 Å².